The van der Waals surface area contributed by atoms with Crippen molar-refractivity contribution >= 4 is 6.09 Å². The fraction of sp³-hybridized carbons (Fsp3) is 0.417. The molecule has 3 heteroatoms. The first-order chi connectivity index (χ1) is 7.25. The Labute approximate surface area is 89.7 Å². The van der Waals surface area contributed by atoms with Crippen molar-refractivity contribution in [2.75, 3.05) is 13.6 Å². The number of nitrogens with zero attached hydrogens (tertiary/aromatic N) is 1. The normalized spacial score (nSPS) is 14.7. The minimum atomic E-state index is -0.270. The van der Waals surface area contributed by atoms with Gasteiger partial charge in [0.15, 0.2) is 0 Å². The lowest BCUT2D eigenvalue weighted by atomic mass is 10.3. The van der Waals surface area contributed by atoms with Crippen molar-refractivity contribution in [1.82, 2.24) is 4.90 Å². The lowest BCUT2D eigenvalue weighted by Gasteiger charge is -2.16. The maximum absolute atomic E-state index is 11.6. The van der Waals surface area contributed by atoms with E-state index in [1.807, 2.05) is 18.2 Å². The van der Waals surface area contributed by atoms with Crippen molar-refractivity contribution in [1.29, 1.82) is 0 Å². The van der Waals surface area contributed by atoms with Gasteiger partial charge in [-0.25, -0.2) is 4.79 Å². The third kappa shape index (κ3) is 2.98. The molecule has 3 nitrogen and oxygen atoms in total. The summed E-state index contributed by atoms with van der Waals surface area (Å²) in [6.45, 7) is 0.811. The van der Waals surface area contributed by atoms with E-state index >= 15 is 0 Å². The van der Waals surface area contributed by atoms with Crippen LogP contribution in [0.1, 0.15) is 12.8 Å². The van der Waals surface area contributed by atoms with Gasteiger partial charge in [-0.2, -0.15) is 0 Å². The van der Waals surface area contributed by atoms with Crippen LogP contribution in [0.4, 0.5) is 4.79 Å². The lowest BCUT2D eigenvalue weighted by molar-refractivity contribution is 0.161. The highest BCUT2D eigenvalue weighted by Crippen LogP contribution is 2.29. The predicted molar refractivity (Wildman–Crippen MR) is 57.8 cm³/mol. The molecule has 0 bridgehead atoms. The number of hydrogen-bond donors (Lipinski definition) is 0. The second-order valence-corrected chi connectivity index (χ2v) is 4.00. The molecule has 1 aliphatic carbocycles. The largest absolute Gasteiger partial charge is 0.414 e. The molecular formula is C12H15NO2. The Balaban J connectivity index is 1.85. The Bertz CT molecular complexity index is 333. The molecule has 1 saturated carbocycles. The van der Waals surface area contributed by atoms with Crippen LogP contribution in [0.5, 0.6) is 5.75 Å². The van der Waals surface area contributed by atoms with Crippen LogP contribution in [-0.4, -0.2) is 24.6 Å². The summed E-state index contributed by atoms with van der Waals surface area (Å²) in [7, 11) is 1.78. The van der Waals surface area contributed by atoms with Crippen molar-refractivity contribution in [3.05, 3.63) is 30.3 Å². The van der Waals surface area contributed by atoms with Gasteiger partial charge in [-0.3, -0.25) is 0 Å². The molecule has 0 aliphatic heterocycles. The zero-order valence-corrected chi connectivity index (χ0v) is 8.85. The number of carbonyl (C=O) groups is 1. The van der Waals surface area contributed by atoms with Gasteiger partial charge in [0.1, 0.15) is 5.75 Å². The molecular weight excluding hydrogens is 190 g/mol. The summed E-state index contributed by atoms with van der Waals surface area (Å²) in [5, 5.41) is 0. The molecule has 80 valence electrons. The average Bonchev–Trinajstić information content (AvgIpc) is 3.03. The first-order valence-electron chi connectivity index (χ1n) is 5.23. The fourth-order valence-corrected chi connectivity index (χ4v) is 1.43. The van der Waals surface area contributed by atoms with Crippen LogP contribution in [-0.2, 0) is 0 Å². The molecule has 1 fully saturated rings. The standard InChI is InChI=1S/C12H15NO2/c1-13(9-10-7-8-10)12(14)15-11-5-3-2-4-6-11/h2-6,10H,7-9H2,1H3. The van der Waals surface area contributed by atoms with Crippen molar-refractivity contribution in [3.63, 3.8) is 0 Å². The van der Waals surface area contributed by atoms with Crippen LogP contribution in [0.25, 0.3) is 0 Å². The first kappa shape index (κ1) is 10.0. The number of rotatable bonds is 3. The van der Waals surface area contributed by atoms with Crippen LogP contribution >= 0.6 is 0 Å². The van der Waals surface area contributed by atoms with Crippen LogP contribution in [0, 0.1) is 5.92 Å². The highest BCUT2D eigenvalue weighted by Gasteiger charge is 2.25. The van der Waals surface area contributed by atoms with Crippen molar-refractivity contribution in [2.24, 2.45) is 5.92 Å². The van der Waals surface area contributed by atoms with Gasteiger partial charge in [0.2, 0.25) is 0 Å². The van der Waals surface area contributed by atoms with Gasteiger partial charge in [0.05, 0.1) is 0 Å². The van der Waals surface area contributed by atoms with Crippen molar-refractivity contribution < 1.29 is 9.53 Å². The summed E-state index contributed by atoms with van der Waals surface area (Å²) in [6.07, 6.45) is 2.21. The van der Waals surface area contributed by atoms with Gasteiger partial charge >= 0.3 is 6.09 Å². The predicted octanol–water partition coefficient (Wildman–Crippen LogP) is 2.53. The lowest BCUT2D eigenvalue weighted by Crippen LogP contribution is -2.31. The zero-order valence-electron chi connectivity index (χ0n) is 8.85. The Hall–Kier alpha value is -1.51. The number of ether oxygens (including phenoxy) is 1. The van der Waals surface area contributed by atoms with E-state index in [1.165, 1.54) is 12.8 Å². The van der Waals surface area contributed by atoms with Gasteiger partial charge < -0.3 is 9.64 Å². The smallest absolute Gasteiger partial charge is 0.410 e. The fourth-order valence-electron chi connectivity index (χ4n) is 1.43. The van der Waals surface area contributed by atoms with E-state index in [0.29, 0.717) is 11.7 Å². The summed E-state index contributed by atoms with van der Waals surface area (Å²) in [6, 6.07) is 9.16. The van der Waals surface area contributed by atoms with E-state index in [-0.39, 0.29) is 6.09 Å². The van der Waals surface area contributed by atoms with E-state index in [2.05, 4.69) is 0 Å². The average molecular weight is 205 g/mol. The molecule has 0 atom stereocenters. The van der Waals surface area contributed by atoms with Gasteiger partial charge in [-0.1, -0.05) is 18.2 Å². The van der Waals surface area contributed by atoms with Gasteiger partial charge in [-0.05, 0) is 30.9 Å². The van der Waals surface area contributed by atoms with Crippen LogP contribution in [0.3, 0.4) is 0 Å². The molecule has 0 saturated heterocycles. The third-order valence-electron chi connectivity index (χ3n) is 2.49. The van der Waals surface area contributed by atoms with E-state index in [0.717, 1.165) is 6.54 Å². The molecule has 0 unspecified atom stereocenters. The van der Waals surface area contributed by atoms with E-state index in [1.54, 1.807) is 24.1 Å². The molecule has 0 radical (unpaired) electrons. The Kier molecular flexibility index (Phi) is 2.90. The summed E-state index contributed by atoms with van der Waals surface area (Å²) >= 11 is 0. The topological polar surface area (TPSA) is 29.5 Å². The molecule has 0 N–H and O–H groups in total. The minimum Gasteiger partial charge on any atom is -0.410 e. The second kappa shape index (κ2) is 4.34. The molecule has 0 aromatic heterocycles. The van der Waals surface area contributed by atoms with Gasteiger partial charge in [-0.15, -0.1) is 0 Å². The molecule has 15 heavy (non-hydrogen) atoms. The Morgan fingerprint density at radius 1 is 1.40 bits per heavy atom. The second-order valence-electron chi connectivity index (χ2n) is 4.00. The maximum atomic E-state index is 11.6. The molecule has 1 aromatic carbocycles. The highest BCUT2D eigenvalue weighted by atomic mass is 16.6. The highest BCUT2D eigenvalue weighted by molar-refractivity contribution is 5.70. The number of para-hydroxylation sites is 1. The molecule has 0 spiro atoms. The first-order valence-corrected chi connectivity index (χ1v) is 5.23. The number of benzene rings is 1. The molecule has 0 heterocycles. The van der Waals surface area contributed by atoms with Crippen molar-refractivity contribution in [3.8, 4) is 5.75 Å². The monoisotopic (exact) mass is 205 g/mol. The number of carbonyl (C=O) groups excluding carboxylic acids is 1. The van der Waals surface area contributed by atoms with Crippen LogP contribution in [0.2, 0.25) is 0 Å². The number of amides is 1. The summed E-state index contributed by atoms with van der Waals surface area (Å²) in [5.74, 6) is 1.29. The number of hydrogen-bond acceptors (Lipinski definition) is 2. The van der Waals surface area contributed by atoms with E-state index in [4.69, 9.17) is 4.74 Å². The van der Waals surface area contributed by atoms with Crippen LogP contribution < -0.4 is 4.74 Å². The van der Waals surface area contributed by atoms with Gasteiger partial charge in [0, 0.05) is 13.6 Å². The van der Waals surface area contributed by atoms with Crippen LogP contribution in [0.15, 0.2) is 30.3 Å². The van der Waals surface area contributed by atoms with Crippen molar-refractivity contribution in [2.45, 2.75) is 12.8 Å². The zero-order chi connectivity index (χ0) is 10.7. The van der Waals surface area contributed by atoms with Gasteiger partial charge in [0.25, 0.3) is 0 Å². The summed E-state index contributed by atoms with van der Waals surface area (Å²) in [4.78, 5) is 13.2. The molecule has 1 aliphatic rings. The SMILES string of the molecule is CN(CC1CC1)C(=O)Oc1ccccc1. The Morgan fingerprint density at radius 3 is 2.67 bits per heavy atom. The molecule has 1 amide bonds. The van der Waals surface area contributed by atoms with E-state index in [9.17, 15) is 4.79 Å². The molecule has 2 rings (SSSR count). The summed E-state index contributed by atoms with van der Waals surface area (Å²) in [5.41, 5.74) is 0. The quantitative estimate of drug-likeness (QED) is 0.758. The maximum Gasteiger partial charge on any atom is 0.414 e. The minimum absolute atomic E-state index is 0.270. The molecule has 1 aromatic rings. The van der Waals surface area contributed by atoms with E-state index < -0.39 is 0 Å². The third-order valence-corrected chi connectivity index (χ3v) is 2.49. The summed E-state index contributed by atoms with van der Waals surface area (Å²) < 4.78 is 5.19. The Morgan fingerprint density at radius 2 is 2.07 bits per heavy atom.